The number of phenolic OH excluding ortho intramolecular Hbond substituents is 1. The highest BCUT2D eigenvalue weighted by Gasteiger charge is 2.13. The Morgan fingerprint density at radius 1 is 0.882 bits per heavy atom. The molecule has 2 rings (SSSR count). The molecule has 0 aromatic heterocycles. The van der Waals surface area contributed by atoms with Gasteiger partial charge in [0.05, 0.1) is 5.02 Å². The Hall–Kier alpha value is -1.32. The van der Waals surface area contributed by atoms with Crippen LogP contribution < -0.4 is 0 Å². The topological polar surface area (TPSA) is 20.2 Å². The maximum atomic E-state index is 13.1. The van der Waals surface area contributed by atoms with E-state index in [2.05, 4.69) is 0 Å². The molecule has 2 aromatic carbocycles. The van der Waals surface area contributed by atoms with Gasteiger partial charge < -0.3 is 5.11 Å². The SMILES string of the molecule is Oc1cc(F)c(F)cc1-c1ccc(Cl)cc1Cl. The third-order valence-corrected chi connectivity index (χ3v) is 2.81. The molecule has 0 atom stereocenters. The van der Waals surface area contributed by atoms with Crippen molar-refractivity contribution in [3.63, 3.8) is 0 Å². The number of halogens is 4. The van der Waals surface area contributed by atoms with Crippen molar-refractivity contribution >= 4 is 23.2 Å². The van der Waals surface area contributed by atoms with Crippen molar-refractivity contribution < 1.29 is 13.9 Å². The number of benzene rings is 2. The molecule has 0 heterocycles. The summed E-state index contributed by atoms with van der Waals surface area (Å²) in [4.78, 5) is 0. The van der Waals surface area contributed by atoms with Gasteiger partial charge in [-0.05, 0) is 18.2 Å². The van der Waals surface area contributed by atoms with Crippen LogP contribution in [-0.4, -0.2) is 5.11 Å². The molecule has 17 heavy (non-hydrogen) atoms. The first-order valence-corrected chi connectivity index (χ1v) is 5.38. The van der Waals surface area contributed by atoms with Crippen LogP contribution in [0.3, 0.4) is 0 Å². The average Bonchev–Trinajstić information content (AvgIpc) is 2.24. The molecule has 0 radical (unpaired) electrons. The molecule has 88 valence electrons. The lowest BCUT2D eigenvalue weighted by atomic mass is 10.0. The van der Waals surface area contributed by atoms with Crippen LogP contribution in [0.4, 0.5) is 8.78 Å². The van der Waals surface area contributed by atoms with Crippen molar-refractivity contribution in [3.8, 4) is 16.9 Å². The minimum atomic E-state index is -1.11. The van der Waals surface area contributed by atoms with Crippen LogP contribution in [0.25, 0.3) is 11.1 Å². The number of hydrogen-bond acceptors (Lipinski definition) is 1. The monoisotopic (exact) mass is 274 g/mol. The van der Waals surface area contributed by atoms with Crippen molar-refractivity contribution in [2.24, 2.45) is 0 Å². The van der Waals surface area contributed by atoms with E-state index >= 15 is 0 Å². The first kappa shape index (κ1) is 12.1. The number of hydrogen-bond donors (Lipinski definition) is 1. The summed E-state index contributed by atoms with van der Waals surface area (Å²) in [6, 6.07) is 6.12. The quantitative estimate of drug-likeness (QED) is 0.803. The van der Waals surface area contributed by atoms with E-state index in [4.69, 9.17) is 23.2 Å². The third kappa shape index (κ3) is 2.35. The smallest absolute Gasteiger partial charge is 0.162 e. The summed E-state index contributed by atoms with van der Waals surface area (Å²) in [6.45, 7) is 0. The van der Waals surface area contributed by atoms with E-state index < -0.39 is 11.6 Å². The van der Waals surface area contributed by atoms with E-state index in [9.17, 15) is 13.9 Å². The number of phenols is 1. The van der Waals surface area contributed by atoms with Gasteiger partial charge in [0.25, 0.3) is 0 Å². The number of aromatic hydroxyl groups is 1. The molecule has 0 fully saturated rings. The van der Waals surface area contributed by atoms with Crippen molar-refractivity contribution in [1.82, 2.24) is 0 Å². The van der Waals surface area contributed by atoms with Gasteiger partial charge in [-0.15, -0.1) is 0 Å². The van der Waals surface area contributed by atoms with E-state index in [-0.39, 0.29) is 16.3 Å². The minimum absolute atomic E-state index is 0.116. The van der Waals surface area contributed by atoms with Crippen LogP contribution in [0.15, 0.2) is 30.3 Å². The van der Waals surface area contributed by atoms with Gasteiger partial charge in [-0.1, -0.05) is 29.3 Å². The molecule has 0 unspecified atom stereocenters. The van der Waals surface area contributed by atoms with Crippen LogP contribution in [0.1, 0.15) is 0 Å². The molecule has 2 aromatic rings. The highest BCUT2D eigenvalue weighted by Crippen LogP contribution is 2.36. The van der Waals surface area contributed by atoms with Gasteiger partial charge in [-0.25, -0.2) is 8.78 Å². The average molecular weight is 275 g/mol. The molecular weight excluding hydrogens is 269 g/mol. The van der Waals surface area contributed by atoms with E-state index in [1.807, 2.05) is 0 Å². The van der Waals surface area contributed by atoms with Gasteiger partial charge in [0.2, 0.25) is 0 Å². The Kier molecular flexibility index (Phi) is 3.22. The molecule has 0 saturated carbocycles. The fourth-order valence-electron chi connectivity index (χ4n) is 1.46. The van der Waals surface area contributed by atoms with Crippen LogP contribution in [0.2, 0.25) is 10.0 Å². The third-order valence-electron chi connectivity index (χ3n) is 2.26. The van der Waals surface area contributed by atoms with Gasteiger partial charge in [0, 0.05) is 22.2 Å². The highest BCUT2D eigenvalue weighted by atomic mass is 35.5. The first-order chi connectivity index (χ1) is 7.99. The van der Waals surface area contributed by atoms with Crippen molar-refractivity contribution in [2.75, 3.05) is 0 Å². The Bertz CT molecular complexity index is 585. The fourth-order valence-corrected chi connectivity index (χ4v) is 1.97. The second-order valence-corrected chi connectivity index (χ2v) is 4.25. The molecule has 0 spiro atoms. The van der Waals surface area contributed by atoms with E-state index in [0.717, 1.165) is 6.07 Å². The predicted molar refractivity (Wildman–Crippen MR) is 63.5 cm³/mol. The van der Waals surface area contributed by atoms with Crippen molar-refractivity contribution in [3.05, 3.63) is 52.0 Å². The second-order valence-electron chi connectivity index (χ2n) is 3.41. The van der Waals surface area contributed by atoms with Gasteiger partial charge in [0.15, 0.2) is 11.6 Å². The summed E-state index contributed by atoms with van der Waals surface area (Å²) in [7, 11) is 0. The maximum Gasteiger partial charge on any atom is 0.162 e. The molecule has 0 aliphatic carbocycles. The zero-order valence-electron chi connectivity index (χ0n) is 8.35. The van der Waals surface area contributed by atoms with Crippen LogP contribution in [-0.2, 0) is 0 Å². The molecule has 0 bridgehead atoms. The van der Waals surface area contributed by atoms with Crippen LogP contribution >= 0.6 is 23.2 Å². The highest BCUT2D eigenvalue weighted by molar-refractivity contribution is 6.36. The largest absolute Gasteiger partial charge is 0.507 e. The predicted octanol–water partition coefficient (Wildman–Crippen LogP) is 4.64. The summed E-state index contributed by atoms with van der Waals surface area (Å²) in [5, 5.41) is 10.2. The molecule has 0 saturated heterocycles. The fraction of sp³-hybridized carbons (Fsp3) is 0. The van der Waals surface area contributed by atoms with Crippen molar-refractivity contribution in [1.29, 1.82) is 0 Å². The standard InChI is InChI=1S/C12H6Cl2F2O/c13-6-1-2-7(9(14)3-6)8-4-10(15)11(16)5-12(8)17/h1-5,17H. The van der Waals surface area contributed by atoms with Crippen LogP contribution in [0.5, 0.6) is 5.75 Å². The van der Waals surface area contributed by atoms with E-state index in [1.165, 1.54) is 12.1 Å². The zero-order valence-corrected chi connectivity index (χ0v) is 9.86. The molecule has 1 nitrogen and oxygen atoms in total. The summed E-state index contributed by atoms with van der Waals surface area (Å²) in [5.74, 6) is -2.55. The first-order valence-electron chi connectivity index (χ1n) is 4.62. The molecule has 1 N–H and O–H groups in total. The zero-order chi connectivity index (χ0) is 12.6. The lowest BCUT2D eigenvalue weighted by Crippen LogP contribution is -1.88. The van der Waals surface area contributed by atoms with Gasteiger partial charge >= 0.3 is 0 Å². The van der Waals surface area contributed by atoms with Gasteiger partial charge in [-0.3, -0.25) is 0 Å². The lowest BCUT2D eigenvalue weighted by molar-refractivity contribution is 0.457. The Morgan fingerprint density at radius 2 is 1.53 bits per heavy atom. The normalized spacial score (nSPS) is 10.6. The molecule has 5 heteroatoms. The lowest BCUT2D eigenvalue weighted by Gasteiger charge is -2.08. The Balaban J connectivity index is 2.64. The molecule has 0 amide bonds. The Labute approximate surface area is 106 Å². The van der Waals surface area contributed by atoms with Gasteiger partial charge in [-0.2, -0.15) is 0 Å². The van der Waals surface area contributed by atoms with Gasteiger partial charge in [0.1, 0.15) is 5.75 Å². The minimum Gasteiger partial charge on any atom is -0.507 e. The summed E-state index contributed by atoms with van der Waals surface area (Å²) < 4.78 is 26.0. The Morgan fingerprint density at radius 3 is 2.18 bits per heavy atom. The second kappa shape index (κ2) is 4.51. The van der Waals surface area contributed by atoms with E-state index in [0.29, 0.717) is 16.7 Å². The summed E-state index contributed by atoms with van der Waals surface area (Å²) in [6.07, 6.45) is 0. The molecular formula is C12H6Cl2F2O. The maximum absolute atomic E-state index is 13.1. The summed E-state index contributed by atoms with van der Waals surface area (Å²) in [5.41, 5.74) is 0.498. The summed E-state index contributed by atoms with van der Waals surface area (Å²) >= 11 is 11.6. The van der Waals surface area contributed by atoms with Crippen LogP contribution in [0, 0.1) is 11.6 Å². The molecule has 0 aliphatic rings. The number of rotatable bonds is 1. The van der Waals surface area contributed by atoms with Crippen molar-refractivity contribution in [2.45, 2.75) is 0 Å². The van der Waals surface area contributed by atoms with E-state index in [1.54, 1.807) is 6.07 Å². The molecule has 0 aliphatic heterocycles.